The Morgan fingerprint density at radius 3 is 2.31 bits per heavy atom. The average molecular weight is 397 g/mol. The Kier molecular flexibility index (Phi) is 6.59. The number of benzene rings is 2. The van der Waals surface area contributed by atoms with Gasteiger partial charge in [-0.2, -0.15) is 0 Å². The minimum Gasteiger partial charge on any atom is -0.368 e. The summed E-state index contributed by atoms with van der Waals surface area (Å²) in [6.45, 7) is 3.96. The molecule has 1 N–H and O–H groups in total. The predicted octanol–water partition coefficient (Wildman–Crippen LogP) is 2.04. The summed E-state index contributed by atoms with van der Waals surface area (Å²) in [6, 6.07) is 13.3. The smallest absolute Gasteiger partial charge is 0.242 e. The van der Waals surface area contributed by atoms with Crippen LogP contribution in [0.5, 0.6) is 0 Å². The maximum absolute atomic E-state index is 13.2. The first-order valence-electron chi connectivity index (χ1n) is 9.57. The zero-order valence-electron chi connectivity index (χ0n) is 16.4. The fraction of sp³-hybridized carbons (Fsp3) is 0.318. The molecule has 152 valence electrons. The minimum atomic E-state index is -0.389. The Bertz CT molecular complexity index is 890. The number of amides is 2. The number of anilines is 1. The predicted molar refractivity (Wildman–Crippen MR) is 108 cm³/mol. The van der Waals surface area contributed by atoms with Crippen LogP contribution in [-0.4, -0.2) is 55.2 Å². The second-order valence-electron chi connectivity index (χ2n) is 7.05. The standard InChI is InChI=1S/C22H24FN3O3/c1-16(27)18-5-7-20(8-6-18)25-9-11-26(12-10-25)22(29)15-24-21(28)14-17-3-2-4-19(23)13-17/h2-8,13H,9-12,14-15H2,1H3,(H,24,28). The van der Waals surface area contributed by atoms with Gasteiger partial charge in [-0.25, -0.2) is 4.39 Å². The Labute approximate surface area is 169 Å². The van der Waals surface area contributed by atoms with E-state index in [1.165, 1.54) is 19.1 Å². The van der Waals surface area contributed by atoms with Crippen molar-refractivity contribution in [3.8, 4) is 0 Å². The Morgan fingerprint density at radius 1 is 1.00 bits per heavy atom. The van der Waals surface area contributed by atoms with Gasteiger partial charge in [0.15, 0.2) is 5.78 Å². The van der Waals surface area contributed by atoms with Gasteiger partial charge in [0, 0.05) is 37.4 Å². The molecule has 2 amide bonds. The number of piperazine rings is 1. The van der Waals surface area contributed by atoms with Gasteiger partial charge in [-0.15, -0.1) is 0 Å². The van der Waals surface area contributed by atoms with Gasteiger partial charge >= 0.3 is 0 Å². The van der Waals surface area contributed by atoms with E-state index in [1.807, 2.05) is 24.3 Å². The van der Waals surface area contributed by atoms with Gasteiger partial charge in [0.1, 0.15) is 5.82 Å². The highest BCUT2D eigenvalue weighted by Crippen LogP contribution is 2.17. The highest BCUT2D eigenvalue weighted by molar-refractivity contribution is 5.94. The number of carbonyl (C=O) groups is 3. The normalized spacial score (nSPS) is 13.9. The summed E-state index contributed by atoms with van der Waals surface area (Å²) in [4.78, 5) is 39.6. The lowest BCUT2D eigenvalue weighted by Gasteiger charge is -2.36. The van der Waals surface area contributed by atoms with Crippen LogP contribution in [0.25, 0.3) is 0 Å². The molecule has 1 saturated heterocycles. The molecule has 0 bridgehead atoms. The van der Waals surface area contributed by atoms with Crippen LogP contribution in [0.4, 0.5) is 10.1 Å². The van der Waals surface area contributed by atoms with Crippen LogP contribution in [0.1, 0.15) is 22.8 Å². The number of nitrogens with zero attached hydrogens (tertiary/aromatic N) is 2. The van der Waals surface area contributed by atoms with Gasteiger partial charge in [-0.3, -0.25) is 14.4 Å². The van der Waals surface area contributed by atoms with Crippen molar-refractivity contribution >= 4 is 23.3 Å². The Balaban J connectivity index is 1.43. The van der Waals surface area contributed by atoms with Crippen LogP contribution in [0.15, 0.2) is 48.5 Å². The van der Waals surface area contributed by atoms with Gasteiger partial charge < -0.3 is 15.1 Å². The van der Waals surface area contributed by atoms with Crippen LogP contribution < -0.4 is 10.2 Å². The molecule has 1 heterocycles. The summed E-state index contributed by atoms with van der Waals surface area (Å²) in [5.74, 6) is -0.802. The zero-order chi connectivity index (χ0) is 20.8. The molecule has 1 aliphatic rings. The van der Waals surface area contributed by atoms with Gasteiger partial charge in [0.25, 0.3) is 0 Å². The molecule has 0 atom stereocenters. The first-order chi connectivity index (χ1) is 13.9. The van der Waals surface area contributed by atoms with Gasteiger partial charge in [-0.1, -0.05) is 12.1 Å². The Hall–Kier alpha value is -3.22. The first kappa shape index (κ1) is 20.5. The van der Waals surface area contributed by atoms with Crippen molar-refractivity contribution in [2.24, 2.45) is 0 Å². The molecule has 1 aliphatic heterocycles. The van der Waals surface area contributed by atoms with Gasteiger partial charge in [0.05, 0.1) is 13.0 Å². The lowest BCUT2D eigenvalue weighted by molar-refractivity contribution is -0.133. The topological polar surface area (TPSA) is 69.7 Å². The summed E-state index contributed by atoms with van der Waals surface area (Å²) in [6.07, 6.45) is 0.0368. The second-order valence-corrected chi connectivity index (χ2v) is 7.05. The SMILES string of the molecule is CC(=O)c1ccc(N2CCN(C(=O)CNC(=O)Cc3cccc(F)c3)CC2)cc1. The number of rotatable bonds is 6. The molecule has 0 aliphatic carbocycles. The molecule has 2 aromatic rings. The molecule has 0 aromatic heterocycles. The summed E-state index contributed by atoms with van der Waals surface area (Å²) in [5.41, 5.74) is 2.27. The Morgan fingerprint density at radius 2 is 1.69 bits per heavy atom. The number of nitrogens with one attached hydrogen (secondary N) is 1. The highest BCUT2D eigenvalue weighted by atomic mass is 19.1. The summed E-state index contributed by atoms with van der Waals surface area (Å²) < 4.78 is 13.2. The molecule has 0 spiro atoms. The van der Waals surface area contributed by atoms with Crippen molar-refractivity contribution in [3.05, 3.63) is 65.5 Å². The maximum Gasteiger partial charge on any atom is 0.242 e. The van der Waals surface area contributed by atoms with E-state index >= 15 is 0 Å². The molecular weight excluding hydrogens is 373 g/mol. The number of Topliss-reactive ketones (excluding diaryl/α,β-unsaturated/α-hetero) is 1. The van der Waals surface area contributed by atoms with E-state index in [0.717, 1.165) is 5.69 Å². The van der Waals surface area contributed by atoms with Gasteiger partial charge in [0.2, 0.25) is 11.8 Å². The number of hydrogen-bond donors (Lipinski definition) is 1. The highest BCUT2D eigenvalue weighted by Gasteiger charge is 2.21. The molecular formula is C22H24FN3O3. The molecule has 6 nitrogen and oxygen atoms in total. The maximum atomic E-state index is 13.2. The third kappa shape index (κ3) is 5.63. The molecule has 1 fully saturated rings. The van der Waals surface area contributed by atoms with Crippen LogP contribution in [-0.2, 0) is 16.0 Å². The first-order valence-corrected chi connectivity index (χ1v) is 9.57. The van der Waals surface area contributed by atoms with Crippen molar-refractivity contribution in [2.75, 3.05) is 37.6 Å². The average Bonchev–Trinajstić information content (AvgIpc) is 2.72. The van der Waals surface area contributed by atoms with Crippen LogP contribution in [0.3, 0.4) is 0 Å². The molecule has 3 rings (SSSR count). The van der Waals surface area contributed by atoms with Crippen molar-refractivity contribution < 1.29 is 18.8 Å². The summed E-state index contributed by atoms with van der Waals surface area (Å²) >= 11 is 0. The van der Waals surface area contributed by atoms with Crippen LogP contribution in [0, 0.1) is 5.82 Å². The minimum absolute atomic E-state index is 0.0337. The van der Waals surface area contributed by atoms with E-state index in [2.05, 4.69) is 10.2 Å². The van der Waals surface area contributed by atoms with Crippen molar-refractivity contribution in [1.82, 2.24) is 10.2 Å². The van der Waals surface area contributed by atoms with E-state index in [4.69, 9.17) is 0 Å². The second kappa shape index (κ2) is 9.32. The lowest BCUT2D eigenvalue weighted by Crippen LogP contribution is -2.51. The third-order valence-electron chi connectivity index (χ3n) is 4.96. The fourth-order valence-corrected chi connectivity index (χ4v) is 3.30. The van der Waals surface area contributed by atoms with Crippen molar-refractivity contribution in [2.45, 2.75) is 13.3 Å². The number of carbonyl (C=O) groups excluding carboxylic acids is 3. The molecule has 2 aromatic carbocycles. The fourth-order valence-electron chi connectivity index (χ4n) is 3.30. The molecule has 0 radical (unpaired) electrons. The third-order valence-corrected chi connectivity index (χ3v) is 4.96. The summed E-state index contributed by atoms with van der Waals surface area (Å²) in [5, 5.41) is 2.61. The largest absolute Gasteiger partial charge is 0.368 e. The molecule has 7 heteroatoms. The van der Waals surface area contributed by atoms with E-state index in [9.17, 15) is 18.8 Å². The number of halogens is 1. The van der Waals surface area contributed by atoms with Crippen LogP contribution >= 0.6 is 0 Å². The molecule has 0 saturated carbocycles. The van der Waals surface area contributed by atoms with E-state index in [0.29, 0.717) is 37.3 Å². The number of ketones is 1. The zero-order valence-corrected chi connectivity index (χ0v) is 16.4. The number of hydrogen-bond acceptors (Lipinski definition) is 4. The molecule has 29 heavy (non-hydrogen) atoms. The summed E-state index contributed by atoms with van der Waals surface area (Å²) in [7, 11) is 0. The lowest BCUT2D eigenvalue weighted by atomic mass is 10.1. The van der Waals surface area contributed by atoms with E-state index in [-0.39, 0.29) is 36.4 Å². The monoisotopic (exact) mass is 397 g/mol. The van der Waals surface area contributed by atoms with Gasteiger partial charge in [-0.05, 0) is 48.9 Å². The molecule has 0 unspecified atom stereocenters. The van der Waals surface area contributed by atoms with Crippen molar-refractivity contribution in [1.29, 1.82) is 0 Å². The van der Waals surface area contributed by atoms with E-state index in [1.54, 1.807) is 17.0 Å². The van der Waals surface area contributed by atoms with Crippen LogP contribution in [0.2, 0.25) is 0 Å². The van der Waals surface area contributed by atoms with E-state index < -0.39 is 0 Å². The van der Waals surface area contributed by atoms with Crippen molar-refractivity contribution in [3.63, 3.8) is 0 Å². The quantitative estimate of drug-likeness (QED) is 0.758.